The quantitative estimate of drug-likeness (QED) is 0.533. The lowest BCUT2D eigenvalue weighted by atomic mass is 9.38. The van der Waals surface area contributed by atoms with Crippen LogP contribution in [0.15, 0.2) is 48.5 Å². The van der Waals surface area contributed by atoms with Crippen LogP contribution in [0.4, 0.5) is 0 Å². The number of fused-ring (bicyclic) bond motifs is 3. The van der Waals surface area contributed by atoms with Gasteiger partial charge in [-0.05, 0) is 58.8 Å². The highest BCUT2D eigenvalue weighted by Gasteiger charge is 2.66. The van der Waals surface area contributed by atoms with Gasteiger partial charge in [0.1, 0.15) is 0 Å². The molecule has 2 saturated carbocycles. The van der Waals surface area contributed by atoms with Crippen molar-refractivity contribution in [2.75, 3.05) is 0 Å². The molecule has 0 heterocycles. The minimum Gasteiger partial charge on any atom is -0.0619 e. The summed E-state index contributed by atoms with van der Waals surface area (Å²) in [4.78, 5) is 0. The van der Waals surface area contributed by atoms with Crippen molar-refractivity contribution >= 4 is 0 Å². The highest BCUT2D eigenvalue weighted by atomic mass is 14.7. The van der Waals surface area contributed by atoms with Crippen LogP contribution in [-0.2, 0) is 5.41 Å². The molecular formula is C23H26. The van der Waals surface area contributed by atoms with Gasteiger partial charge in [-0.25, -0.2) is 0 Å². The van der Waals surface area contributed by atoms with Crippen molar-refractivity contribution in [2.24, 2.45) is 10.8 Å². The third kappa shape index (κ3) is 1.40. The Morgan fingerprint density at radius 3 is 1.43 bits per heavy atom. The van der Waals surface area contributed by atoms with E-state index in [1.165, 1.54) is 49.7 Å². The van der Waals surface area contributed by atoms with Gasteiger partial charge >= 0.3 is 0 Å². The van der Waals surface area contributed by atoms with E-state index in [0.29, 0.717) is 10.8 Å². The highest BCUT2D eigenvalue weighted by Crippen LogP contribution is 2.73. The van der Waals surface area contributed by atoms with Crippen LogP contribution in [0.5, 0.6) is 0 Å². The predicted octanol–water partition coefficient (Wildman–Crippen LogP) is 6.33. The summed E-state index contributed by atoms with van der Waals surface area (Å²) in [5.41, 5.74) is 7.30. The lowest BCUT2D eigenvalue weighted by molar-refractivity contribution is -0.0629. The molecule has 0 heteroatoms. The van der Waals surface area contributed by atoms with Crippen LogP contribution in [0.1, 0.15) is 63.5 Å². The van der Waals surface area contributed by atoms with Crippen LogP contribution < -0.4 is 0 Å². The Morgan fingerprint density at radius 1 is 0.609 bits per heavy atom. The van der Waals surface area contributed by atoms with Gasteiger partial charge in [-0.1, -0.05) is 75.2 Å². The average Bonchev–Trinajstić information content (AvgIpc) is 2.84. The summed E-state index contributed by atoms with van der Waals surface area (Å²) < 4.78 is 0. The van der Waals surface area contributed by atoms with E-state index in [0.717, 1.165) is 0 Å². The first kappa shape index (κ1) is 13.8. The Kier molecular flexibility index (Phi) is 2.58. The molecule has 2 bridgehead atoms. The van der Waals surface area contributed by atoms with Crippen LogP contribution in [0.3, 0.4) is 0 Å². The van der Waals surface area contributed by atoms with E-state index in [9.17, 15) is 0 Å². The Balaban J connectivity index is 1.95. The van der Waals surface area contributed by atoms with Crippen molar-refractivity contribution < 1.29 is 0 Å². The number of rotatable bonds is 0. The van der Waals surface area contributed by atoms with Crippen LogP contribution in [0, 0.1) is 10.8 Å². The summed E-state index contributed by atoms with van der Waals surface area (Å²) in [5, 5.41) is 0. The molecule has 23 heavy (non-hydrogen) atoms. The number of hydrogen-bond acceptors (Lipinski definition) is 0. The smallest absolute Gasteiger partial charge is 0.0322 e. The van der Waals surface area contributed by atoms with Crippen LogP contribution in [0.2, 0.25) is 0 Å². The van der Waals surface area contributed by atoms with E-state index < -0.39 is 0 Å². The van der Waals surface area contributed by atoms with Gasteiger partial charge in [-0.2, -0.15) is 0 Å². The largest absolute Gasteiger partial charge is 0.0619 e. The van der Waals surface area contributed by atoms with Crippen molar-refractivity contribution in [3.05, 3.63) is 59.7 Å². The third-order valence-electron chi connectivity index (χ3n) is 7.68. The first-order chi connectivity index (χ1) is 11.1. The van der Waals surface area contributed by atoms with E-state index >= 15 is 0 Å². The van der Waals surface area contributed by atoms with E-state index in [1.807, 2.05) is 0 Å². The van der Waals surface area contributed by atoms with Gasteiger partial charge < -0.3 is 0 Å². The van der Waals surface area contributed by atoms with Crippen molar-refractivity contribution in [2.45, 2.75) is 57.8 Å². The minimum atomic E-state index is 0.226. The topological polar surface area (TPSA) is 0 Å². The molecular weight excluding hydrogens is 276 g/mol. The maximum Gasteiger partial charge on any atom is 0.0322 e. The molecule has 0 N–H and O–H groups in total. The minimum absolute atomic E-state index is 0.226. The van der Waals surface area contributed by atoms with Gasteiger partial charge in [0.05, 0.1) is 0 Å². The maximum atomic E-state index is 2.60. The molecule has 5 rings (SSSR count). The van der Waals surface area contributed by atoms with Gasteiger partial charge in [0.25, 0.3) is 0 Å². The predicted molar refractivity (Wildman–Crippen MR) is 96.6 cm³/mol. The first-order valence-electron chi connectivity index (χ1n) is 9.32. The molecule has 0 radical (unpaired) electrons. The molecule has 2 fully saturated rings. The summed E-state index contributed by atoms with van der Waals surface area (Å²) in [7, 11) is 0. The second kappa shape index (κ2) is 4.29. The van der Waals surface area contributed by atoms with E-state index in [2.05, 4.69) is 62.4 Å². The van der Waals surface area contributed by atoms with Crippen LogP contribution in [-0.4, -0.2) is 0 Å². The SMILES string of the molecule is CC12CCCC(C)(CCC1)C21c2ccccc2-c2ccccc21. The molecule has 0 aromatic heterocycles. The molecule has 0 saturated heterocycles. The molecule has 118 valence electrons. The zero-order chi connectivity index (χ0) is 15.7. The van der Waals surface area contributed by atoms with Gasteiger partial charge in [0.15, 0.2) is 0 Å². The van der Waals surface area contributed by atoms with Gasteiger partial charge in [-0.15, -0.1) is 0 Å². The van der Waals surface area contributed by atoms with Gasteiger partial charge in [0, 0.05) is 5.41 Å². The lowest BCUT2D eigenvalue weighted by Gasteiger charge is -2.65. The summed E-state index contributed by atoms with van der Waals surface area (Å²) >= 11 is 0. The molecule has 1 spiro atoms. The molecule has 0 aliphatic heterocycles. The Labute approximate surface area is 139 Å². The number of benzene rings is 2. The molecule has 2 aromatic carbocycles. The normalized spacial score (nSPS) is 33.3. The van der Waals surface area contributed by atoms with Crippen LogP contribution >= 0.6 is 0 Å². The summed E-state index contributed by atoms with van der Waals surface area (Å²) in [6.45, 7) is 5.20. The van der Waals surface area contributed by atoms with Gasteiger partial charge in [-0.3, -0.25) is 0 Å². The monoisotopic (exact) mass is 302 g/mol. The maximum absolute atomic E-state index is 2.60. The van der Waals surface area contributed by atoms with Crippen molar-refractivity contribution in [3.8, 4) is 11.1 Å². The highest BCUT2D eigenvalue weighted by molar-refractivity contribution is 5.82. The molecule has 0 amide bonds. The van der Waals surface area contributed by atoms with Crippen LogP contribution in [0.25, 0.3) is 11.1 Å². The molecule has 2 aromatic rings. The Morgan fingerprint density at radius 2 is 1.00 bits per heavy atom. The second-order valence-corrected chi connectivity index (χ2v) is 8.67. The fourth-order valence-electron chi connectivity index (χ4n) is 7.00. The summed E-state index contributed by atoms with van der Waals surface area (Å²) in [5.74, 6) is 0. The fourth-order valence-corrected chi connectivity index (χ4v) is 7.00. The Bertz CT molecular complexity index is 707. The van der Waals surface area contributed by atoms with E-state index in [1.54, 1.807) is 11.1 Å². The zero-order valence-electron chi connectivity index (χ0n) is 14.4. The van der Waals surface area contributed by atoms with Crippen molar-refractivity contribution in [1.29, 1.82) is 0 Å². The third-order valence-corrected chi connectivity index (χ3v) is 7.68. The molecule has 3 aliphatic carbocycles. The lowest BCUT2D eigenvalue weighted by Crippen LogP contribution is -2.59. The fraction of sp³-hybridized carbons (Fsp3) is 0.478. The summed E-state index contributed by atoms with van der Waals surface area (Å²) in [6, 6.07) is 18.6. The zero-order valence-corrected chi connectivity index (χ0v) is 14.4. The van der Waals surface area contributed by atoms with Gasteiger partial charge in [0.2, 0.25) is 0 Å². The van der Waals surface area contributed by atoms with Crippen molar-refractivity contribution in [3.63, 3.8) is 0 Å². The molecule has 0 nitrogen and oxygen atoms in total. The molecule has 0 unspecified atom stereocenters. The first-order valence-corrected chi connectivity index (χ1v) is 9.32. The van der Waals surface area contributed by atoms with Crippen molar-refractivity contribution in [1.82, 2.24) is 0 Å². The summed E-state index contributed by atoms with van der Waals surface area (Å²) in [6.07, 6.45) is 8.32. The molecule has 3 aliphatic rings. The van der Waals surface area contributed by atoms with E-state index in [-0.39, 0.29) is 5.41 Å². The molecule has 0 atom stereocenters. The van der Waals surface area contributed by atoms with E-state index in [4.69, 9.17) is 0 Å². The Hall–Kier alpha value is -1.56. The standard InChI is InChI=1S/C23H26/c1-21-13-7-15-22(2,16-8-14-21)23(21)19-11-5-3-9-17(19)18-10-4-6-12-20(18)23/h3-6,9-12H,7-8,13-16H2,1-2H3. The second-order valence-electron chi connectivity index (χ2n) is 8.67. The average molecular weight is 302 g/mol. The number of hydrogen-bond donors (Lipinski definition) is 0.